The number of nitrogens with zero attached hydrogens (tertiary/aromatic N) is 1. The van der Waals surface area contributed by atoms with Crippen molar-refractivity contribution in [1.82, 2.24) is 15.0 Å². The number of amides is 2. The van der Waals surface area contributed by atoms with Crippen LogP contribution in [-0.4, -0.2) is 26.0 Å². The van der Waals surface area contributed by atoms with E-state index in [0.29, 0.717) is 23.8 Å². The van der Waals surface area contributed by atoms with Gasteiger partial charge in [-0.15, -0.1) is 0 Å². The minimum absolute atomic E-state index is 0.106. The summed E-state index contributed by atoms with van der Waals surface area (Å²) >= 11 is 5.89. The molecule has 0 fully saturated rings. The molecule has 1 aromatic carbocycles. The maximum atomic E-state index is 12.1. The third kappa shape index (κ3) is 5.10. The summed E-state index contributed by atoms with van der Waals surface area (Å²) in [6.45, 7) is 2.26. The number of urea groups is 1. The summed E-state index contributed by atoms with van der Waals surface area (Å²) in [7, 11) is -3.96. The van der Waals surface area contributed by atoms with Crippen LogP contribution < -0.4 is 15.4 Å². The second kappa shape index (κ2) is 7.98. The quantitative estimate of drug-likeness (QED) is 0.727. The molecule has 0 spiro atoms. The highest BCUT2D eigenvalue weighted by Gasteiger charge is 2.17. The van der Waals surface area contributed by atoms with E-state index in [9.17, 15) is 13.2 Å². The molecule has 24 heavy (non-hydrogen) atoms. The van der Waals surface area contributed by atoms with Gasteiger partial charge in [-0.2, -0.15) is 0 Å². The molecule has 2 aromatic rings. The molecule has 0 radical (unpaired) electrons. The van der Waals surface area contributed by atoms with Crippen molar-refractivity contribution < 1.29 is 13.2 Å². The van der Waals surface area contributed by atoms with Gasteiger partial charge in [-0.05, 0) is 36.8 Å². The van der Waals surface area contributed by atoms with Crippen molar-refractivity contribution in [3.05, 3.63) is 47.6 Å². The van der Waals surface area contributed by atoms with E-state index < -0.39 is 16.1 Å². The van der Waals surface area contributed by atoms with Crippen LogP contribution in [0.5, 0.6) is 0 Å². The normalized spacial score (nSPS) is 10.9. The average molecular weight is 369 g/mol. The Morgan fingerprint density at radius 1 is 1.25 bits per heavy atom. The van der Waals surface area contributed by atoms with Gasteiger partial charge >= 0.3 is 6.03 Å². The molecule has 2 rings (SSSR count). The predicted molar refractivity (Wildman–Crippen MR) is 93.0 cm³/mol. The summed E-state index contributed by atoms with van der Waals surface area (Å²) in [5.74, 6) is 0.451. The van der Waals surface area contributed by atoms with Crippen LogP contribution in [0.4, 0.5) is 16.3 Å². The van der Waals surface area contributed by atoms with E-state index in [1.54, 1.807) is 24.3 Å². The number of anilines is 2. The van der Waals surface area contributed by atoms with Gasteiger partial charge in [0.15, 0.2) is 0 Å². The van der Waals surface area contributed by atoms with E-state index in [1.807, 2.05) is 11.6 Å². The molecule has 0 saturated heterocycles. The molecule has 128 valence electrons. The van der Waals surface area contributed by atoms with E-state index in [0.717, 1.165) is 5.69 Å². The molecule has 3 N–H and O–H groups in total. The number of hydrogen-bond donors (Lipinski definition) is 3. The maximum absolute atomic E-state index is 12.1. The Hall–Kier alpha value is -2.32. The SMILES string of the molecule is CCCNC(=O)NS(=O)(=O)c1ccc(Nc2cccc(Cl)c2)nc1. The molecule has 0 aliphatic rings. The molecule has 0 aliphatic heterocycles. The topological polar surface area (TPSA) is 100 Å². The Morgan fingerprint density at radius 3 is 2.67 bits per heavy atom. The molecule has 1 aromatic heterocycles. The fourth-order valence-electron chi connectivity index (χ4n) is 1.78. The lowest BCUT2D eigenvalue weighted by atomic mass is 10.3. The minimum atomic E-state index is -3.96. The first-order valence-electron chi connectivity index (χ1n) is 7.20. The van der Waals surface area contributed by atoms with Crippen molar-refractivity contribution in [1.29, 1.82) is 0 Å². The summed E-state index contributed by atoms with van der Waals surface area (Å²) in [6.07, 6.45) is 1.88. The van der Waals surface area contributed by atoms with Crippen LogP contribution in [0.2, 0.25) is 5.02 Å². The zero-order valence-electron chi connectivity index (χ0n) is 12.9. The fraction of sp³-hybridized carbons (Fsp3) is 0.200. The van der Waals surface area contributed by atoms with Crippen molar-refractivity contribution in [2.24, 2.45) is 0 Å². The van der Waals surface area contributed by atoms with Crippen molar-refractivity contribution in [3.63, 3.8) is 0 Å². The van der Waals surface area contributed by atoms with Crippen LogP contribution in [0.15, 0.2) is 47.5 Å². The van der Waals surface area contributed by atoms with Gasteiger partial charge in [0, 0.05) is 23.5 Å². The molecule has 0 bridgehead atoms. The smallest absolute Gasteiger partial charge is 0.328 e. The molecule has 0 unspecified atom stereocenters. The highest BCUT2D eigenvalue weighted by atomic mass is 35.5. The monoisotopic (exact) mass is 368 g/mol. The lowest BCUT2D eigenvalue weighted by Gasteiger charge is -2.09. The predicted octanol–water partition coefficient (Wildman–Crippen LogP) is 2.88. The lowest BCUT2D eigenvalue weighted by molar-refractivity contribution is 0.246. The van der Waals surface area contributed by atoms with Gasteiger partial charge in [0.25, 0.3) is 10.0 Å². The Morgan fingerprint density at radius 2 is 2.04 bits per heavy atom. The number of halogens is 1. The first-order valence-corrected chi connectivity index (χ1v) is 9.06. The fourth-order valence-corrected chi connectivity index (χ4v) is 2.85. The number of sulfonamides is 1. The van der Waals surface area contributed by atoms with Crippen molar-refractivity contribution in [2.75, 3.05) is 11.9 Å². The van der Waals surface area contributed by atoms with Crippen LogP contribution in [-0.2, 0) is 10.0 Å². The van der Waals surface area contributed by atoms with Crippen LogP contribution in [0.3, 0.4) is 0 Å². The van der Waals surface area contributed by atoms with Crippen LogP contribution in [0, 0.1) is 0 Å². The number of pyridine rings is 1. The summed E-state index contributed by atoms with van der Waals surface area (Å²) in [5, 5.41) is 6.01. The van der Waals surface area contributed by atoms with E-state index in [4.69, 9.17) is 11.6 Å². The van der Waals surface area contributed by atoms with E-state index in [2.05, 4.69) is 15.6 Å². The standard InChI is InChI=1S/C15H17ClN4O3S/c1-2-8-17-15(21)20-24(22,23)13-6-7-14(18-10-13)19-12-5-3-4-11(16)9-12/h3-7,9-10H,2,8H2,1H3,(H,18,19)(H2,17,20,21). The van der Waals surface area contributed by atoms with Gasteiger partial charge in [0.2, 0.25) is 0 Å². The first-order chi connectivity index (χ1) is 11.4. The summed E-state index contributed by atoms with van der Waals surface area (Å²) in [5.41, 5.74) is 0.725. The Labute approximate surface area is 145 Å². The number of aromatic nitrogens is 1. The molecule has 0 atom stereocenters. The molecular weight excluding hydrogens is 352 g/mol. The largest absolute Gasteiger partial charge is 0.340 e. The highest BCUT2D eigenvalue weighted by Crippen LogP contribution is 2.19. The summed E-state index contributed by atoms with van der Waals surface area (Å²) < 4.78 is 26.1. The Balaban J connectivity index is 2.06. The molecule has 0 saturated carbocycles. The van der Waals surface area contributed by atoms with Crippen LogP contribution >= 0.6 is 11.6 Å². The molecule has 1 heterocycles. The zero-order chi connectivity index (χ0) is 17.6. The Bertz CT molecular complexity index is 810. The first kappa shape index (κ1) is 18.0. The summed E-state index contributed by atoms with van der Waals surface area (Å²) in [4.78, 5) is 15.4. The summed E-state index contributed by atoms with van der Waals surface area (Å²) in [6, 6.07) is 9.13. The average Bonchev–Trinajstić information content (AvgIpc) is 2.53. The van der Waals surface area contributed by atoms with Crippen molar-refractivity contribution in [2.45, 2.75) is 18.2 Å². The number of carbonyl (C=O) groups excluding carboxylic acids is 1. The second-order valence-electron chi connectivity index (χ2n) is 4.88. The Kier molecular flexibility index (Phi) is 5.99. The van der Waals surface area contributed by atoms with Gasteiger partial charge < -0.3 is 10.6 Å². The number of hydrogen-bond acceptors (Lipinski definition) is 5. The minimum Gasteiger partial charge on any atom is -0.340 e. The van der Waals surface area contributed by atoms with Gasteiger partial charge in [0.1, 0.15) is 10.7 Å². The third-order valence-corrected chi connectivity index (χ3v) is 4.46. The molecular formula is C15H17ClN4O3S. The van der Waals surface area contributed by atoms with Crippen LogP contribution in [0.1, 0.15) is 13.3 Å². The van der Waals surface area contributed by atoms with Gasteiger partial charge in [-0.3, -0.25) is 0 Å². The molecule has 9 heteroatoms. The highest BCUT2D eigenvalue weighted by molar-refractivity contribution is 7.90. The number of nitrogens with one attached hydrogen (secondary N) is 3. The van der Waals surface area contributed by atoms with E-state index in [1.165, 1.54) is 18.3 Å². The van der Waals surface area contributed by atoms with E-state index in [-0.39, 0.29) is 4.90 Å². The number of rotatable bonds is 6. The number of benzene rings is 1. The van der Waals surface area contributed by atoms with Crippen molar-refractivity contribution >= 4 is 39.2 Å². The van der Waals surface area contributed by atoms with Crippen molar-refractivity contribution in [3.8, 4) is 0 Å². The van der Waals surface area contributed by atoms with Gasteiger partial charge in [-0.25, -0.2) is 22.9 Å². The van der Waals surface area contributed by atoms with Gasteiger partial charge in [-0.1, -0.05) is 24.6 Å². The molecule has 7 nitrogen and oxygen atoms in total. The zero-order valence-corrected chi connectivity index (χ0v) is 14.5. The second-order valence-corrected chi connectivity index (χ2v) is 6.99. The third-order valence-electron chi connectivity index (χ3n) is 2.91. The molecule has 0 aliphatic carbocycles. The number of carbonyl (C=O) groups is 1. The van der Waals surface area contributed by atoms with Gasteiger partial charge in [0.05, 0.1) is 0 Å². The lowest BCUT2D eigenvalue weighted by Crippen LogP contribution is -2.39. The maximum Gasteiger partial charge on any atom is 0.328 e. The molecule has 2 amide bonds. The van der Waals surface area contributed by atoms with E-state index >= 15 is 0 Å². The van der Waals surface area contributed by atoms with Crippen LogP contribution in [0.25, 0.3) is 0 Å².